The van der Waals surface area contributed by atoms with Crippen LogP contribution in [0.5, 0.6) is 0 Å². The van der Waals surface area contributed by atoms with E-state index in [0.717, 1.165) is 12.0 Å². The van der Waals surface area contributed by atoms with E-state index in [0.29, 0.717) is 19.3 Å². The number of carbonyl (C=O) groups is 1. The fourth-order valence-electron chi connectivity index (χ4n) is 1.70. The van der Waals surface area contributed by atoms with Crippen LogP contribution in [-0.2, 0) is 23.8 Å². The largest absolute Gasteiger partial charge is 0.469 e. The number of hydrogen-bond acceptors (Lipinski definition) is 5. The van der Waals surface area contributed by atoms with E-state index in [9.17, 15) is 13.2 Å². The summed E-state index contributed by atoms with van der Waals surface area (Å²) in [5.74, 6) is -0.221. The van der Waals surface area contributed by atoms with E-state index in [1.54, 1.807) is 12.1 Å². The molecule has 0 amide bonds. The molecule has 0 unspecified atom stereocenters. The number of hydrogen-bond donors (Lipinski definition) is 0. The zero-order valence-corrected chi connectivity index (χ0v) is 13.8. The Bertz CT molecular complexity index is 587. The zero-order chi connectivity index (χ0) is 16.4. The number of unbranched alkanes of at least 4 members (excludes halogenated alkanes) is 1. The van der Waals surface area contributed by atoms with E-state index in [1.807, 2.05) is 19.1 Å². The molecule has 0 aliphatic heterocycles. The number of benzene rings is 1. The van der Waals surface area contributed by atoms with Crippen molar-refractivity contribution in [1.82, 2.24) is 0 Å². The number of ether oxygens (including phenoxy) is 1. The summed E-state index contributed by atoms with van der Waals surface area (Å²) in [5, 5.41) is 0. The molecule has 0 aromatic heterocycles. The fourth-order valence-corrected chi connectivity index (χ4v) is 2.62. The Morgan fingerprint density at radius 2 is 1.77 bits per heavy atom. The van der Waals surface area contributed by atoms with Crippen LogP contribution in [0.2, 0.25) is 0 Å². The summed E-state index contributed by atoms with van der Waals surface area (Å²) >= 11 is 0. The van der Waals surface area contributed by atoms with Gasteiger partial charge >= 0.3 is 5.97 Å². The molecule has 122 valence electrons. The van der Waals surface area contributed by atoms with Crippen LogP contribution >= 0.6 is 0 Å². The molecule has 6 heteroatoms. The van der Waals surface area contributed by atoms with Crippen LogP contribution in [0, 0.1) is 6.92 Å². The Labute approximate surface area is 132 Å². The molecule has 0 bridgehead atoms. The van der Waals surface area contributed by atoms with Gasteiger partial charge in [-0.25, -0.2) is 0 Å². The summed E-state index contributed by atoms with van der Waals surface area (Å²) in [4.78, 5) is 11.0. The van der Waals surface area contributed by atoms with Crippen LogP contribution < -0.4 is 0 Å². The highest BCUT2D eigenvalue weighted by Gasteiger charge is 2.13. The lowest BCUT2D eigenvalue weighted by Crippen LogP contribution is -2.07. The van der Waals surface area contributed by atoms with Gasteiger partial charge in [0.15, 0.2) is 0 Å². The summed E-state index contributed by atoms with van der Waals surface area (Å²) in [6.07, 6.45) is 6.11. The number of allylic oxidation sites excluding steroid dienone is 1. The van der Waals surface area contributed by atoms with Gasteiger partial charge in [0.25, 0.3) is 10.1 Å². The number of carbonyl (C=O) groups excluding carboxylic acids is 1. The second kappa shape index (κ2) is 9.38. The molecular weight excluding hydrogens is 304 g/mol. The van der Waals surface area contributed by atoms with Gasteiger partial charge in [-0.15, -0.1) is 0 Å². The van der Waals surface area contributed by atoms with Crippen molar-refractivity contribution in [2.75, 3.05) is 13.7 Å². The van der Waals surface area contributed by atoms with E-state index in [-0.39, 0.29) is 17.5 Å². The van der Waals surface area contributed by atoms with Crippen molar-refractivity contribution in [1.29, 1.82) is 0 Å². The predicted molar refractivity (Wildman–Crippen MR) is 83.9 cm³/mol. The summed E-state index contributed by atoms with van der Waals surface area (Å²) in [6.45, 7) is 1.99. The third-order valence-corrected chi connectivity index (χ3v) is 4.31. The Kier molecular flexibility index (Phi) is 7.84. The minimum absolute atomic E-state index is 0.101. The molecule has 0 aliphatic rings. The first kappa shape index (κ1) is 18.4. The predicted octanol–water partition coefficient (Wildman–Crippen LogP) is 2.99. The molecule has 1 rings (SSSR count). The molecule has 22 heavy (non-hydrogen) atoms. The Morgan fingerprint density at radius 3 is 2.41 bits per heavy atom. The number of aryl methyl sites for hydroxylation is 1. The van der Waals surface area contributed by atoms with Gasteiger partial charge in [-0.3, -0.25) is 8.98 Å². The molecule has 0 spiro atoms. The van der Waals surface area contributed by atoms with Crippen LogP contribution in [-0.4, -0.2) is 28.1 Å². The molecule has 0 aliphatic carbocycles. The maximum absolute atomic E-state index is 11.9. The van der Waals surface area contributed by atoms with Gasteiger partial charge in [0.05, 0.1) is 18.6 Å². The van der Waals surface area contributed by atoms with Gasteiger partial charge in [0.2, 0.25) is 0 Å². The lowest BCUT2D eigenvalue weighted by Gasteiger charge is -2.04. The van der Waals surface area contributed by atoms with Gasteiger partial charge < -0.3 is 4.74 Å². The number of methoxy groups -OCH3 is 1. The summed E-state index contributed by atoms with van der Waals surface area (Å²) in [5.41, 5.74) is 0.994. The summed E-state index contributed by atoms with van der Waals surface area (Å²) < 4.78 is 33.3. The third-order valence-electron chi connectivity index (χ3n) is 2.98. The van der Waals surface area contributed by atoms with Gasteiger partial charge in [-0.05, 0) is 38.3 Å². The first-order chi connectivity index (χ1) is 10.5. The standard InChI is InChI=1S/C16H22O5S/c1-14-9-11-15(12-10-14)22(18,19)21-13-7-5-3-4-6-8-16(17)20-2/h3,5,9-12H,4,6-8,13H2,1-2H3/b5-3-. The van der Waals surface area contributed by atoms with Crippen molar-refractivity contribution >= 4 is 16.1 Å². The lowest BCUT2D eigenvalue weighted by atomic mass is 10.2. The highest BCUT2D eigenvalue weighted by molar-refractivity contribution is 7.86. The number of esters is 1. The van der Waals surface area contributed by atoms with Crippen molar-refractivity contribution in [3.8, 4) is 0 Å². The molecule has 0 atom stereocenters. The van der Waals surface area contributed by atoms with Crippen LogP contribution in [0.3, 0.4) is 0 Å². The Balaban J connectivity index is 2.26. The van der Waals surface area contributed by atoms with Gasteiger partial charge in [0.1, 0.15) is 0 Å². The van der Waals surface area contributed by atoms with Crippen molar-refractivity contribution in [3.63, 3.8) is 0 Å². The van der Waals surface area contributed by atoms with E-state index in [4.69, 9.17) is 4.18 Å². The smallest absolute Gasteiger partial charge is 0.305 e. The molecule has 0 saturated heterocycles. The maximum atomic E-state index is 11.9. The maximum Gasteiger partial charge on any atom is 0.305 e. The molecule has 0 saturated carbocycles. The van der Waals surface area contributed by atoms with E-state index in [2.05, 4.69) is 4.74 Å². The SMILES string of the molecule is COC(=O)CCC/C=C\CCOS(=O)(=O)c1ccc(C)cc1. The summed E-state index contributed by atoms with van der Waals surface area (Å²) in [7, 11) is -2.32. The molecule has 0 radical (unpaired) electrons. The van der Waals surface area contributed by atoms with Gasteiger partial charge in [0, 0.05) is 6.42 Å². The topological polar surface area (TPSA) is 69.7 Å². The molecule has 5 nitrogen and oxygen atoms in total. The molecular formula is C16H22O5S. The van der Waals surface area contributed by atoms with Crippen LogP contribution in [0.1, 0.15) is 31.2 Å². The zero-order valence-electron chi connectivity index (χ0n) is 12.9. The van der Waals surface area contributed by atoms with Gasteiger partial charge in [-0.2, -0.15) is 8.42 Å². The minimum atomic E-state index is -3.68. The van der Waals surface area contributed by atoms with Crippen LogP contribution in [0.15, 0.2) is 41.3 Å². The molecule has 0 N–H and O–H groups in total. The monoisotopic (exact) mass is 326 g/mol. The highest BCUT2D eigenvalue weighted by Crippen LogP contribution is 2.13. The van der Waals surface area contributed by atoms with Crippen molar-refractivity contribution in [2.45, 2.75) is 37.5 Å². The quantitative estimate of drug-likeness (QED) is 0.302. The first-order valence-electron chi connectivity index (χ1n) is 7.13. The lowest BCUT2D eigenvalue weighted by molar-refractivity contribution is -0.140. The molecule has 0 heterocycles. The van der Waals surface area contributed by atoms with E-state index in [1.165, 1.54) is 19.2 Å². The van der Waals surface area contributed by atoms with E-state index >= 15 is 0 Å². The van der Waals surface area contributed by atoms with Crippen molar-refractivity contribution in [3.05, 3.63) is 42.0 Å². The minimum Gasteiger partial charge on any atom is -0.469 e. The average molecular weight is 326 g/mol. The summed E-state index contributed by atoms with van der Waals surface area (Å²) in [6, 6.07) is 6.54. The Morgan fingerprint density at radius 1 is 1.14 bits per heavy atom. The Hall–Kier alpha value is -1.66. The molecule has 1 aromatic carbocycles. The number of rotatable bonds is 9. The van der Waals surface area contributed by atoms with Crippen LogP contribution in [0.4, 0.5) is 0 Å². The fraction of sp³-hybridized carbons (Fsp3) is 0.438. The third kappa shape index (κ3) is 6.87. The van der Waals surface area contributed by atoms with E-state index < -0.39 is 10.1 Å². The normalized spacial score (nSPS) is 11.7. The van der Waals surface area contributed by atoms with Crippen LogP contribution in [0.25, 0.3) is 0 Å². The van der Waals surface area contributed by atoms with Crippen molar-refractivity contribution in [2.24, 2.45) is 0 Å². The first-order valence-corrected chi connectivity index (χ1v) is 8.54. The second-order valence-corrected chi connectivity index (χ2v) is 6.43. The molecule has 0 fully saturated rings. The molecule has 1 aromatic rings. The highest BCUT2D eigenvalue weighted by atomic mass is 32.2. The van der Waals surface area contributed by atoms with Gasteiger partial charge in [-0.1, -0.05) is 29.8 Å². The average Bonchev–Trinajstić information content (AvgIpc) is 2.50. The second-order valence-electron chi connectivity index (χ2n) is 4.82. The van der Waals surface area contributed by atoms with Crippen molar-refractivity contribution < 1.29 is 22.1 Å².